The van der Waals surface area contributed by atoms with E-state index in [4.69, 9.17) is 0 Å². The number of fused-ring (bicyclic) bond motifs is 1. The Morgan fingerprint density at radius 1 is 1.19 bits per heavy atom. The Labute approximate surface area is 129 Å². The van der Waals surface area contributed by atoms with Gasteiger partial charge in [-0.05, 0) is 24.9 Å². The van der Waals surface area contributed by atoms with Crippen LogP contribution in [0.1, 0.15) is 17.0 Å². The van der Waals surface area contributed by atoms with Crippen LogP contribution in [0.15, 0.2) is 30.3 Å². The Morgan fingerprint density at radius 3 is 2.90 bits per heavy atom. The lowest BCUT2D eigenvalue weighted by Gasteiger charge is -2.22. The molecule has 0 amide bonds. The number of anilines is 1. The number of benzene rings is 1. The molecule has 2 aliphatic heterocycles. The van der Waals surface area contributed by atoms with Gasteiger partial charge in [-0.2, -0.15) is 0 Å². The summed E-state index contributed by atoms with van der Waals surface area (Å²) < 4.78 is 0. The van der Waals surface area contributed by atoms with Crippen LogP contribution in [0.3, 0.4) is 0 Å². The number of hydrogen-bond donors (Lipinski definition) is 0. The van der Waals surface area contributed by atoms with Gasteiger partial charge in [0.05, 0.1) is 0 Å². The van der Waals surface area contributed by atoms with Crippen molar-refractivity contribution >= 4 is 16.5 Å². The Bertz CT molecular complexity index is 612. The third-order valence-electron chi connectivity index (χ3n) is 4.63. The van der Waals surface area contributed by atoms with Crippen LogP contribution in [0, 0.1) is 5.92 Å². The van der Waals surface area contributed by atoms with Crippen molar-refractivity contribution in [3.8, 4) is 0 Å². The fourth-order valence-electron chi connectivity index (χ4n) is 3.61. The third-order valence-corrected chi connectivity index (χ3v) is 5.59. The molecule has 5 heteroatoms. The van der Waals surface area contributed by atoms with Gasteiger partial charge in [-0.25, -0.2) is 0 Å². The Morgan fingerprint density at radius 2 is 2.05 bits per heavy atom. The molecule has 4 rings (SSSR count). The first-order chi connectivity index (χ1) is 10.3. The molecule has 21 heavy (non-hydrogen) atoms. The minimum atomic E-state index is 0.646. The maximum absolute atomic E-state index is 4.46. The first kappa shape index (κ1) is 13.2. The van der Waals surface area contributed by atoms with E-state index in [2.05, 4.69) is 57.4 Å². The van der Waals surface area contributed by atoms with Crippen LogP contribution >= 0.6 is 11.3 Å². The summed E-state index contributed by atoms with van der Waals surface area (Å²) in [6.45, 7) is 3.54. The van der Waals surface area contributed by atoms with Crippen molar-refractivity contribution in [2.45, 2.75) is 18.9 Å². The number of likely N-dealkylation sites (tertiary alicyclic amines) is 1. The number of likely N-dealkylation sites (N-methyl/N-ethyl adjacent to an activating group) is 1. The van der Waals surface area contributed by atoms with Crippen molar-refractivity contribution in [2.24, 2.45) is 5.92 Å². The quantitative estimate of drug-likeness (QED) is 0.870. The average molecular weight is 300 g/mol. The van der Waals surface area contributed by atoms with Crippen LogP contribution in [0.25, 0.3) is 0 Å². The van der Waals surface area contributed by atoms with Crippen LogP contribution in [-0.2, 0) is 6.42 Å². The average Bonchev–Trinajstić information content (AvgIpc) is 3.15. The molecule has 0 saturated carbocycles. The zero-order valence-electron chi connectivity index (χ0n) is 12.3. The maximum Gasteiger partial charge on any atom is 0.208 e. The van der Waals surface area contributed by atoms with Crippen LogP contribution in [0.5, 0.6) is 0 Å². The highest BCUT2D eigenvalue weighted by atomic mass is 32.1. The van der Waals surface area contributed by atoms with E-state index in [1.54, 1.807) is 11.3 Å². The molecule has 2 saturated heterocycles. The summed E-state index contributed by atoms with van der Waals surface area (Å²) in [6, 6.07) is 11.2. The van der Waals surface area contributed by atoms with Crippen LogP contribution in [0.2, 0.25) is 0 Å². The summed E-state index contributed by atoms with van der Waals surface area (Å²) in [5.41, 5.74) is 1.31. The van der Waals surface area contributed by atoms with E-state index in [1.165, 1.54) is 18.5 Å². The van der Waals surface area contributed by atoms with Gasteiger partial charge in [0.1, 0.15) is 5.01 Å². The molecule has 2 fully saturated rings. The smallest absolute Gasteiger partial charge is 0.208 e. The van der Waals surface area contributed by atoms with Crippen LogP contribution in [0.4, 0.5) is 5.13 Å². The summed E-state index contributed by atoms with van der Waals surface area (Å²) >= 11 is 1.76. The molecule has 2 aromatic rings. The largest absolute Gasteiger partial charge is 0.342 e. The Balaban J connectivity index is 1.50. The molecule has 0 unspecified atom stereocenters. The van der Waals surface area contributed by atoms with E-state index in [-0.39, 0.29) is 0 Å². The van der Waals surface area contributed by atoms with Gasteiger partial charge < -0.3 is 9.80 Å². The topological polar surface area (TPSA) is 32.3 Å². The lowest BCUT2D eigenvalue weighted by molar-refractivity contribution is 0.386. The summed E-state index contributed by atoms with van der Waals surface area (Å²) in [4.78, 5) is 4.92. The molecule has 0 bridgehead atoms. The summed E-state index contributed by atoms with van der Waals surface area (Å²) in [6.07, 6.45) is 2.18. The van der Waals surface area contributed by atoms with Crippen LogP contribution in [-0.4, -0.2) is 47.8 Å². The first-order valence-corrected chi connectivity index (χ1v) is 8.43. The van der Waals surface area contributed by atoms with E-state index in [0.717, 1.165) is 35.6 Å². The van der Waals surface area contributed by atoms with Gasteiger partial charge in [-0.3, -0.25) is 0 Å². The fraction of sp³-hybridized carbons (Fsp3) is 0.500. The number of aromatic nitrogens is 2. The molecule has 3 heterocycles. The normalized spacial score (nSPS) is 25.5. The van der Waals surface area contributed by atoms with Crippen molar-refractivity contribution in [3.63, 3.8) is 0 Å². The van der Waals surface area contributed by atoms with Gasteiger partial charge in [0.2, 0.25) is 5.13 Å². The minimum Gasteiger partial charge on any atom is -0.342 e. The zero-order chi connectivity index (χ0) is 14.2. The lowest BCUT2D eigenvalue weighted by Crippen LogP contribution is -2.34. The number of hydrogen-bond acceptors (Lipinski definition) is 5. The molecule has 4 nitrogen and oxygen atoms in total. The summed E-state index contributed by atoms with van der Waals surface area (Å²) in [5.74, 6) is 0.816. The molecular formula is C16H20N4S. The van der Waals surface area contributed by atoms with E-state index >= 15 is 0 Å². The molecule has 2 aliphatic rings. The van der Waals surface area contributed by atoms with Crippen LogP contribution < -0.4 is 4.90 Å². The zero-order valence-corrected chi connectivity index (χ0v) is 13.1. The highest BCUT2D eigenvalue weighted by Crippen LogP contribution is 2.35. The molecule has 1 aromatic carbocycles. The molecular weight excluding hydrogens is 280 g/mol. The third kappa shape index (κ3) is 2.56. The summed E-state index contributed by atoms with van der Waals surface area (Å²) in [5, 5.41) is 11.1. The predicted molar refractivity (Wildman–Crippen MR) is 85.9 cm³/mol. The highest BCUT2D eigenvalue weighted by molar-refractivity contribution is 7.15. The minimum absolute atomic E-state index is 0.646. The maximum atomic E-state index is 4.46. The SMILES string of the molecule is CN1C[C@@H]2CCN(c3nnc(Cc4ccccc4)s3)[C@@H]2C1. The fourth-order valence-corrected chi connectivity index (χ4v) is 4.57. The first-order valence-electron chi connectivity index (χ1n) is 7.61. The van der Waals surface area contributed by atoms with Gasteiger partial charge in [0, 0.05) is 32.1 Å². The molecule has 1 aromatic heterocycles. The van der Waals surface area contributed by atoms with Crippen molar-refractivity contribution in [1.82, 2.24) is 15.1 Å². The summed E-state index contributed by atoms with van der Waals surface area (Å²) in [7, 11) is 2.22. The van der Waals surface area contributed by atoms with Gasteiger partial charge in [-0.1, -0.05) is 41.7 Å². The Hall–Kier alpha value is -1.46. The second-order valence-electron chi connectivity index (χ2n) is 6.17. The predicted octanol–water partition coefficient (Wildman–Crippen LogP) is 2.27. The highest BCUT2D eigenvalue weighted by Gasteiger charge is 2.41. The second kappa shape index (κ2) is 5.39. The standard InChI is InChI=1S/C16H20N4S/c1-19-10-13-7-8-20(14(13)11-19)16-18-17-15(21-16)9-12-5-3-2-4-6-12/h2-6,13-14H,7-11H2,1H3/t13-,14+/m0/s1. The van der Waals surface area contributed by atoms with Crippen molar-refractivity contribution in [3.05, 3.63) is 40.9 Å². The molecule has 110 valence electrons. The molecule has 0 N–H and O–H groups in total. The van der Waals surface area contributed by atoms with Crippen molar-refractivity contribution in [2.75, 3.05) is 31.6 Å². The van der Waals surface area contributed by atoms with Crippen molar-refractivity contribution < 1.29 is 0 Å². The van der Waals surface area contributed by atoms with Gasteiger partial charge in [-0.15, -0.1) is 10.2 Å². The molecule has 0 spiro atoms. The number of nitrogens with zero attached hydrogens (tertiary/aromatic N) is 4. The lowest BCUT2D eigenvalue weighted by atomic mass is 10.1. The van der Waals surface area contributed by atoms with Gasteiger partial charge >= 0.3 is 0 Å². The van der Waals surface area contributed by atoms with Crippen molar-refractivity contribution in [1.29, 1.82) is 0 Å². The van der Waals surface area contributed by atoms with Gasteiger partial charge in [0.15, 0.2) is 0 Å². The van der Waals surface area contributed by atoms with E-state index in [0.29, 0.717) is 6.04 Å². The molecule has 0 aliphatic carbocycles. The van der Waals surface area contributed by atoms with E-state index in [1.807, 2.05) is 0 Å². The molecule has 0 radical (unpaired) electrons. The Kier molecular flexibility index (Phi) is 3.39. The van der Waals surface area contributed by atoms with Gasteiger partial charge in [0.25, 0.3) is 0 Å². The number of rotatable bonds is 3. The monoisotopic (exact) mass is 300 g/mol. The van der Waals surface area contributed by atoms with E-state index in [9.17, 15) is 0 Å². The molecule has 2 atom stereocenters. The van der Waals surface area contributed by atoms with E-state index < -0.39 is 0 Å². The second-order valence-corrected chi connectivity index (χ2v) is 7.21.